The van der Waals surface area contributed by atoms with Gasteiger partial charge in [0.25, 0.3) is 0 Å². The van der Waals surface area contributed by atoms with E-state index in [4.69, 9.17) is 0 Å². The van der Waals surface area contributed by atoms with Gasteiger partial charge in [-0.1, -0.05) is 66.7 Å². The normalized spacial score (nSPS) is 14.9. The summed E-state index contributed by atoms with van der Waals surface area (Å²) in [5.74, 6) is -0.176. The standard InChI is InChI=1S/C21H21NO/c1-21(23,16-17-10-4-2-5-11-17)20(18-12-6-3-7-13-18)19-14-8-9-15-22-19/h2-15,20,23H,16H2,1H3/t20-,21-/m1/s1. The first-order valence-corrected chi connectivity index (χ1v) is 7.89. The zero-order valence-corrected chi connectivity index (χ0v) is 13.3. The molecule has 0 amide bonds. The Labute approximate surface area is 137 Å². The lowest BCUT2D eigenvalue weighted by Gasteiger charge is -2.33. The number of aliphatic hydroxyl groups is 1. The first kappa shape index (κ1) is 15.4. The fraction of sp³-hybridized carbons (Fsp3) is 0.190. The van der Waals surface area contributed by atoms with E-state index < -0.39 is 5.60 Å². The van der Waals surface area contributed by atoms with Crippen LogP contribution in [0.5, 0.6) is 0 Å². The molecule has 3 rings (SSSR count). The molecule has 0 saturated heterocycles. The van der Waals surface area contributed by atoms with Gasteiger partial charge >= 0.3 is 0 Å². The number of pyridine rings is 1. The first-order chi connectivity index (χ1) is 11.2. The number of hydrogen-bond donors (Lipinski definition) is 1. The monoisotopic (exact) mass is 303 g/mol. The van der Waals surface area contributed by atoms with Crippen molar-refractivity contribution in [1.29, 1.82) is 0 Å². The fourth-order valence-corrected chi connectivity index (χ4v) is 3.15. The van der Waals surface area contributed by atoms with Gasteiger partial charge in [0.15, 0.2) is 0 Å². The molecule has 0 aliphatic rings. The molecule has 23 heavy (non-hydrogen) atoms. The van der Waals surface area contributed by atoms with E-state index >= 15 is 0 Å². The van der Waals surface area contributed by atoms with Crippen LogP contribution in [0, 0.1) is 0 Å². The second kappa shape index (κ2) is 6.76. The maximum atomic E-state index is 11.3. The average molecular weight is 303 g/mol. The fourth-order valence-electron chi connectivity index (χ4n) is 3.15. The Bertz CT molecular complexity index is 684. The molecule has 2 heteroatoms. The molecule has 3 aromatic rings. The van der Waals surface area contributed by atoms with Crippen LogP contribution in [0.25, 0.3) is 0 Å². The van der Waals surface area contributed by atoms with Crippen molar-refractivity contribution in [2.24, 2.45) is 0 Å². The lowest BCUT2D eigenvalue weighted by atomic mass is 9.77. The van der Waals surface area contributed by atoms with E-state index in [0.29, 0.717) is 6.42 Å². The molecule has 2 aromatic carbocycles. The highest BCUT2D eigenvalue weighted by Gasteiger charge is 2.35. The summed E-state index contributed by atoms with van der Waals surface area (Å²) in [6.45, 7) is 1.90. The SMILES string of the molecule is C[C@@](O)(Cc1ccccc1)[C@H](c1ccccc1)c1ccccn1. The molecule has 2 atom stereocenters. The maximum absolute atomic E-state index is 11.3. The maximum Gasteiger partial charge on any atom is 0.0783 e. The van der Waals surface area contributed by atoms with Crippen LogP contribution in [0.1, 0.15) is 29.7 Å². The molecule has 0 radical (unpaired) electrons. The van der Waals surface area contributed by atoms with Gasteiger partial charge < -0.3 is 5.11 Å². The number of aromatic nitrogens is 1. The predicted molar refractivity (Wildman–Crippen MR) is 93.3 cm³/mol. The van der Waals surface area contributed by atoms with E-state index in [1.165, 1.54) is 0 Å². The molecule has 1 heterocycles. The molecule has 116 valence electrons. The van der Waals surface area contributed by atoms with Crippen LogP contribution in [0.4, 0.5) is 0 Å². The minimum Gasteiger partial charge on any atom is -0.389 e. The molecular weight excluding hydrogens is 282 g/mol. The highest BCUT2D eigenvalue weighted by atomic mass is 16.3. The van der Waals surface area contributed by atoms with Gasteiger partial charge in [-0.15, -0.1) is 0 Å². The van der Waals surface area contributed by atoms with Crippen molar-refractivity contribution in [3.8, 4) is 0 Å². The summed E-state index contributed by atoms with van der Waals surface area (Å²) in [7, 11) is 0. The molecule has 0 spiro atoms. The van der Waals surface area contributed by atoms with Crippen molar-refractivity contribution in [2.75, 3.05) is 0 Å². The number of nitrogens with zero attached hydrogens (tertiary/aromatic N) is 1. The Morgan fingerprint density at radius 1 is 0.870 bits per heavy atom. The van der Waals surface area contributed by atoms with Gasteiger partial charge in [0, 0.05) is 12.6 Å². The largest absolute Gasteiger partial charge is 0.389 e. The zero-order valence-electron chi connectivity index (χ0n) is 13.3. The van der Waals surface area contributed by atoms with Crippen LogP contribution >= 0.6 is 0 Å². The van der Waals surface area contributed by atoms with Gasteiger partial charge in [0.05, 0.1) is 17.2 Å². The third-order valence-corrected chi connectivity index (χ3v) is 4.14. The average Bonchev–Trinajstić information content (AvgIpc) is 2.57. The van der Waals surface area contributed by atoms with Crippen LogP contribution in [0.15, 0.2) is 85.1 Å². The Morgan fingerprint density at radius 3 is 2.09 bits per heavy atom. The van der Waals surface area contributed by atoms with Gasteiger partial charge in [-0.3, -0.25) is 4.98 Å². The molecular formula is C21H21NO. The Morgan fingerprint density at radius 2 is 1.48 bits per heavy atom. The van der Waals surface area contributed by atoms with E-state index in [1.807, 2.05) is 61.5 Å². The van der Waals surface area contributed by atoms with Gasteiger partial charge in [-0.05, 0) is 30.2 Å². The molecule has 2 nitrogen and oxygen atoms in total. The highest BCUT2D eigenvalue weighted by molar-refractivity contribution is 5.33. The molecule has 0 unspecified atom stereocenters. The third kappa shape index (κ3) is 3.66. The van der Waals surface area contributed by atoms with Crippen LogP contribution in [0.3, 0.4) is 0 Å². The smallest absolute Gasteiger partial charge is 0.0783 e. The zero-order chi connectivity index (χ0) is 16.1. The molecule has 1 N–H and O–H groups in total. The predicted octanol–water partition coefficient (Wildman–Crippen LogP) is 4.21. The van der Waals surface area contributed by atoms with E-state index in [0.717, 1.165) is 16.8 Å². The minimum atomic E-state index is -0.933. The van der Waals surface area contributed by atoms with Crippen molar-refractivity contribution in [3.63, 3.8) is 0 Å². The molecule has 0 bridgehead atoms. The van der Waals surface area contributed by atoms with Crippen LogP contribution < -0.4 is 0 Å². The van der Waals surface area contributed by atoms with Crippen LogP contribution in [-0.2, 0) is 6.42 Å². The van der Waals surface area contributed by atoms with Crippen molar-refractivity contribution >= 4 is 0 Å². The summed E-state index contributed by atoms with van der Waals surface area (Å²) in [5, 5.41) is 11.3. The number of hydrogen-bond acceptors (Lipinski definition) is 2. The first-order valence-electron chi connectivity index (χ1n) is 7.89. The lowest BCUT2D eigenvalue weighted by molar-refractivity contribution is 0.0419. The van der Waals surface area contributed by atoms with E-state index in [2.05, 4.69) is 29.2 Å². The Kier molecular flexibility index (Phi) is 4.54. The number of rotatable bonds is 5. The van der Waals surface area contributed by atoms with Crippen molar-refractivity contribution in [3.05, 3.63) is 102 Å². The summed E-state index contributed by atoms with van der Waals surface area (Å²) in [5.41, 5.74) is 2.15. The van der Waals surface area contributed by atoms with E-state index in [-0.39, 0.29) is 5.92 Å². The molecule has 0 saturated carbocycles. The van der Waals surface area contributed by atoms with Crippen molar-refractivity contribution < 1.29 is 5.11 Å². The second-order valence-corrected chi connectivity index (χ2v) is 6.12. The quantitative estimate of drug-likeness (QED) is 0.766. The number of benzene rings is 2. The summed E-state index contributed by atoms with van der Waals surface area (Å²) in [6, 6.07) is 26.1. The topological polar surface area (TPSA) is 33.1 Å². The molecule has 1 aromatic heterocycles. The van der Waals surface area contributed by atoms with Crippen LogP contribution in [0.2, 0.25) is 0 Å². The summed E-state index contributed by atoms with van der Waals surface area (Å²) < 4.78 is 0. The molecule has 0 aliphatic heterocycles. The van der Waals surface area contributed by atoms with Crippen molar-refractivity contribution in [1.82, 2.24) is 4.98 Å². The molecule has 0 aliphatic carbocycles. The highest BCUT2D eigenvalue weighted by Crippen LogP contribution is 2.36. The van der Waals surface area contributed by atoms with Gasteiger partial charge in [-0.25, -0.2) is 0 Å². The summed E-state index contributed by atoms with van der Waals surface area (Å²) in [4.78, 5) is 4.50. The van der Waals surface area contributed by atoms with Crippen LogP contribution in [-0.4, -0.2) is 15.7 Å². The Hall–Kier alpha value is -2.45. The van der Waals surface area contributed by atoms with Gasteiger partial charge in [0.2, 0.25) is 0 Å². The third-order valence-electron chi connectivity index (χ3n) is 4.14. The van der Waals surface area contributed by atoms with Crippen molar-refractivity contribution in [2.45, 2.75) is 24.9 Å². The van der Waals surface area contributed by atoms with Gasteiger partial charge in [-0.2, -0.15) is 0 Å². The van der Waals surface area contributed by atoms with Gasteiger partial charge in [0.1, 0.15) is 0 Å². The van der Waals surface area contributed by atoms with E-state index in [1.54, 1.807) is 6.20 Å². The molecule has 0 fully saturated rings. The lowest BCUT2D eigenvalue weighted by Crippen LogP contribution is -2.36. The summed E-state index contributed by atoms with van der Waals surface area (Å²) >= 11 is 0. The summed E-state index contributed by atoms with van der Waals surface area (Å²) in [6.07, 6.45) is 2.36. The second-order valence-electron chi connectivity index (χ2n) is 6.12. The Balaban J connectivity index is 2.01. The van der Waals surface area contributed by atoms with E-state index in [9.17, 15) is 5.11 Å². The minimum absolute atomic E-state index is 0.176.